The van der Waals surface area contributed by atoms with Crippen LogP contribution in [0.1, 0.15) is 24.0 Å². The Morgan fingerprint density at radius 1 is 1.30 bits per heavy atom. The number of hydrogen-bond donors (Lipinski definition) is 0. The summed E-state index contributed by atoms with van der Waals surface area (Å²) in [7, 11) is 3.48. The van der Waals surface area contributed by atoms with Crippen molar-refractivity contribution in [2.45, 2.75) is 19.8 Å². The molecule has 1 aliphatic heterocycles. The maximum absolute atomic E-state index is 11.8. The second kappa shape index (κ2) is 6.57. The van der Waals surface area contributed by atoms with E-state index in [0.717, 1.165) is 29.0 Å². The van der Waals surface area contributed by atoms with Crippen molar-refractivity contribution in [2.24, 2.45) is 0 Å². The molecule has 0 N–H and O–H groups in total. The first-order chi connectivity index (χ1) is 9.63. The Bertz CT molecular complexity index is 522. The van der Waals surface area contributed by atoms with Crippen molar-refractivity contribution < 1.29 is 14.3 Å². The largest absolute Gasteiger partial charge is 0.491 e. The number of carbonyl (C=O) groups is 1. The first-order valence-electron chi connectivity index (χ1n) is 6.83. The number of carbonyl (C=O) groups excluding carboxylic acids is 1. The summed E-state index contributed by atoms with van der Waals surface area (Å²) >= 11 is 0. The van der Waals surface area contributed by atoms with E-state index in [0.29, 0.717) is 19.6 Å². The highest BCUT2D eigenvalue weighted by Crippen LogP contribution is 2.28. The summed E-state index contributed by atoms with van der Waals surface area (Å²) in [5.41, 5.74) is 3.18. The van der Waals surface area contributed by atoms with Gasteiger partial charge in [-0.05, 0) is 37.1 Å². The van der Waals surface area contributed by atoms with E-state index < -0.39 is 0 Å². The van der Waals surface area contributed by atoms with Gasteiger partial charge < -0.3 is 14.4 Å². The van der Waals surface area contributed by atoms with Crippen LogP contribution in [-0.4, -0.2) is 38.2 Å². The van der Waals surface area contributed by atoms with E-state index in [4.69, 9.17) is 9.47 Å². The highest BCUT2D eigenvalue weighted by molar-refractivity contribution is 5.89. The van der Waals surface area contributed by atoms with Crippen LogP contribution in [0.25, 0.3) is 5.70 Å². The van der Waals surface area contributed by atoms with E-state index in [2.05, 4.69) is 6.08 Å². The van der Waals surface area contributed by atoms with Crippen molar-refractivity contribution in [3.63, 3.8) is 0 Å². The Kier molecular flexibility index (Phi) is 4.79. The molecule has 0 saturated heterocycles. The SMILES string of the molecule is COCCOc1ccc(C2=CCCC(=O)N2C)c(C)c1. The van der Waals surface area contributed by atoms with Crippen molar-refractivity contribution in [2.75, 3.05) is 27.4 Å². The van der Waals surface area contributed by atoms with Crippen LogP contribution in [0.5, 0.6) is 5.75 Å². The molecule has 0 aromatic heterocycles. The van der Waals surface area contributed by atoms with E-state index in [1.54, 1.807) is 12.0 Å². The van der Waals surface area contributed by atoms with Crippen molar-refractivity contribution in [1.29, 1.82) is 0 Å². The van der Waals surface area contributed by atoms with Crippen molar-refractivity contribution in [3.8, 4) is 5.75 Å². The molecule has 0 saturated carbocycles. The molecule has 20 heavy (non-hydrogen) atoms. The Morgan fingerprint density at radius 3 is 2.80 bits per heavy atom. The van der Waals surface area contributed by atoms with Crippen molar-refractivity contribution in [3.05, 3.63) is 35.4 Å². The molecular weight excluding hydrogens is 254 g/mol. The summed E-state index contributed by atoms with van der Waals surface area (Å²) in [6, 6.07) is 5.95. The molecule has 108 valence electrons. The number of allylic oxidation sites excluding steroid dienone is 1. The van der Waals surface area contributed by atoms with Crippen LogP contribution in [-0.2, 0) is 9.53 Å². The maximum Gasteiger partial charge on any atom is 0.227 e. The van der Waals surface area contributed by atoms with Crippen LogP contribution in [0.15, 0.2) is 24.3 Å². The van der Waals surface area contributed by atoms with Gasteiger partial charge in [-0.1, -0.05) is 6.08 Å². The predicted octanol–water partition coefficient (Wildman–Crippen LogP) is 2.61. The van der Waals surface area contributed by atoms with Crippen LogP contribution in [0.2, 0.25) is 0 Å². The van der Waals surface area contributed by atoms with Crippen LogP contribution in [0, 0.1) is 6.92 Å². The Balaban J connectivity index is 2.17. The molecule has 2 rings (SSSR count). The molecule has 0 aliphatic carbocycles. The molecule has 1 aromatic rings. The van der Waals surface area contributed by atoms with Crippen LogP contribution in [0.4, 0.5) is 0 Å². The summed E-state index contributed by atoms with van der Waals surface area (Å²) in [6.45, 7) is 3.14. The molecule has 0 unspecified atom stereocenters. The molecule has 0 spiro atoms. The zero-order valence-electron chi connectivity index (χ0n) is 12.3. The monoisotopic (exact) mass is 275 g/mol. The van der Waals surface area contributed by atoms with Crippen LogP contribution >= 0.6 is 0 Å². The first kappa shape index (κ1) is 14.6. The second-order valence-electron chi connectivity index (χ2n) is 4.90. The fourth-order valence-electron chi connectivity index (χ4n) is 2.32. The molecule has 0 radical (unpaired) electrons. The smallest absolute Gasteiger partial charge is 0.227 e. The topological polar surface area (TPSA) is 38.8 Å². The lowest BCUT2D eigenvalue weighted by molar-refractivity contribution is -0.127. The van der Waals surface area contributed by atoms with Gasteiger partial charge in [-0.15, -0.1) is 0 Å². The molecule has 1 aromatic carbocycles. The lowest BCUT2D eigenvalue weighted by atomic mass is 10.0. The van der Waals surface area contributed by atoms with Crippen LogP contribution < -0.4 is 4.74 Å². The van der Waals surface area contributed by atoms with E-state index in [1.807, 2.05) is 32.2 Å². The number of aryl methyl sites for hydroxylation is 1. The maximum atomic E-state index is 11.8. The van der Waals surface area contributed by atoms with Gasteiger partial charge in [-0.3, -0.25) is 4.79 Å². The van der Waals surface area contributed by atoms with Gasteiger partial charge in [0.25, 0.3) is 0 Å². The van der Waals surface area contributed by atoms with Gasteiger partial charge in [0.2, 0.25) is 5.91 Å². The summed E-state index contributed by atoms with van der Waals surface area (Å²) < 4.78 is 10.6. The second-order valence-corrected chi connectivity index (χ2v) is 4.90. The Hall–Kier alpha value is -1.81. The lowest BCUT2D eigenvalue weighted by Crippen LogP contribution is -2.27. The zero-order valence-corrected chi connectivity index (χ0v) is 12.3. The molecule has 0 fully saturated rings. The fourth-order valence-corrected chi connectivity index (χ4v) is 2.32. The van der Waals surface area contributed by atoms with Crippen molar-refractivity contribution in [1.82, 2.24) is 4.90 Å². The summed E-state index contributed by atoms with van der Waals surface area (Å²) in [4.78, 5) is 13.5. The van der Waals surface area contributed by atoms with Crippen molar-refractivity contribution >= 4 is 11.6 Å². The number of rotatable bonds is 5. The molecular formula is C16H21NO3. The molecule has 0 bridgehead atoms. The van der Waals surface area contributed by atoms with Crippen LogP contribution in [0.3, 0.4) is 0 Å². The summed E-state index contributed by atoms with van der Waals surface area (Å²) in [5, 5.41) is 0. The quantitative estimate of drug-likeness (QED) is 0.775. The van der Waals surface area contributed by atoms with E-state index >= 15 is 0 Å². The average Bonchev–Trinajstić information content (AvgIpc) is 2.43. The van der Waals surface area contributed by atoms with Gasteiger partial charge in [-0.2, -0.15) is 0 Å². The molecule has 1 heterocycles. The standard InChI is InChI=1S/C16H21NO3/c1-12-11-13(20-10-9-19-3)7-8-14(12)15-5-4-6-16(18)17(15)2/h5,7-8,11H,4,6,9-10H2,1-3H3. The molecule has 0 atom stereocenters. The number of ether oxygens (including phenoxy) is 2. The zero-order chi connectivity index (χ0) is 14.5. The number of amides is 1. The average molecular weight is 275 g/mol. The predicted molar refractivity (Wildman–Crippen MR) is 78.5 cm³/mol. The number of methoxy groups -OCH3 is 1. The third kappa shape index (κ3) is 3.20. The fraction of sp³-hybridized carbons (Fsp3) is 0.438. The molecule has 1 amide bonds. The normalized spacial score (nSPS) is 15.2. The minimum Gasteiger partial charge on any atom is -0.491 e. The van der Waals surface area contributed by atoms with Gasteiger partial charge >= 0.3 is 0 Å². The van der Waals surface area contributed by atoms with E-state index in [-0.39, 0.29) is 5.91 Å². The Labute approximate surface area is 120 Å². The molecule has 4 nitrogen and oxygen atoms in total. The minimum absolute atomic E-state index is 0.169. The molecule has 4 heteroatoms. The highest BCUT2D eigenvalue weighted by atomic mass is 16.5. The van der Waals surface area contributed by atoms with Gasteiger partial charge in [0.15, 0.2) is 0 Å². The van der Waals surface area contributed by atoms with E-state index in [1.165, 1.54) is 0 Å². The highest BCUT2D eigenvalue weighted by Gasteiger charge is 2.20. The van der Waals surface area contributed by atoms with Gasteiger partial charge in [0.1, 0.15) is 12.4 Å². The summed E-state index contributed by atoms with van der Waals surface area (Å²) in [5.74, 6) is 0.996. The lowest BCUT2D eigenvalue weighted by Gasteiger charge is -2.26. The van der Waals surface area contributed by atoms with E-state index in [9.17, 15) is 4.79 Å². The van der Waals surface area contributed by atoms with Gasteiger partial charge in [-0.25, -0.2) is 0 Å². The van der Waals surface area contributed by atoms with Gasteiger partial charge in [0, 0.05) is 31.8 Å². The Morgan fingerprint density at radius 2 is 2.10 bits per heavy atom. The third-order valence-electron chi connectivity index (χ3n) is 3.46. The molecule has 1 aliphatic rings. The minimum atomic E-state index is 0.169. The number of nitrogens with zero attached hydrogens (tertiary/aromatic N) is 1. The first-order valence-corrected chi connectivity index (χ1v) is 6.83. The third-order valence-corrected chi connectivity index (χ3v) is 3.46. The van der Waals surface area contributed by atoms with Gasteiger partial charge in [0.05, 0.1) is 6.61 Å². The summed E-state index contributed by atoms with van der Waals surface area (Å²) in [6.07, 6.45) is 3.52. The number of benzene rings is 1. The number of hydrogen-bond acceptors (Lipinski definition) is 3.